The predicted octanol–water partition coefficient (Wildman–Crippen LogP) is 3.14. The molecule has 0 radical (unpaired) electrons. The molecular formula is C34H38N6O5S. The Morgan fingerprint density at radius 2 is 1.63 bits per heavy atom. The summed E-state index contributed by atoms with van der Waals surface area (Å²) in [5.41, 5.74) is 0.163. The summed E-state index contributed by atoms with van der Waals surface area (Å²) in [5.74, 6) is 0.174. The molecule has 240 valence electrons. The van der Waals surface area contributed by atoms with Crippen molar-refractivity contribution in [1.82, 2.24) is 23.2 Å². The van der Waals surface area contributed by atoms with E-state index in [2.05, 4.69) is 29.7 Å². The highest BCUT2D eigenvalue weighted by molar-refractivity contribution is 7.90. The fourth-order valence-corrected chi connectivity index (χ4v) is 8.06. The van der Waals surface area contributed by atoms with Crippen molar-refractivity contribution in [1.29, 1.82) is 5.26 Å². The van der Waals surface area contributed by atoms with Gasteiger partial charge >= 0.3 is 5.69 Å². The van der Waals surface area contributed by atoms with Crippen LogP contribution in [0.15, 0.2) is 82.5 Å². The number of benzene rings is 3. The minimum absolute atomic E-state index is 0.0795. The molecule has 3 heterocycles. The van der Waals surface area contributed by atoms with Crippen molar-refractivity contribution in [3.63, 3.8) is 0 Å². The Balaban J connectivity index is 1.43. The molecule has 2 atom stereocenters. The summed E-state index contributed by atoms with van der Waals surface area (Å²) < 4.78 is 35.2. The number of imidazole rings is 1. The second-order valence-corrected chi connectivity index (χ2v) is 13.9. The zero-order valence-corrected chi connectivity index (χ0v) is 27.1. The van der Waals surface area contributed by atoms with E-state index in [1.807, 2.05) is 6.07 Å². The lowest BCUT2D eigenvalue weighted by Crippen LogP contribution is -2.53. The maximum absolute atomic E-state index is 14.6. The highest BCUT2D eigenvalue weighted by Crippen LogP contribution is 2.30. The van der Waals surface area contributed by atoms with Crippen LogP contribution in [0, 0.1) is 11.3 Å². The summed E-state index contributed by atoms with van der Waals surface area (Å²) in [7, 11) is -2.93. The van der Waals surface area contributed by atoms with Crippen LogP contribution in [-0.4, -0.2) is 96.0 Å². The molecule has 0 bridgehead atoms. The molecule has 1 aromatic heterocycles. The van der Waals surface area contributed by atoms with E-state index in [1.54, 1.807) is 29.2 Å². The fourth-order valence-electron chi connectivity index (χ4n) is 6.67. The summed E-state index contributed by atoms with van der Waals surface area (Å²) in [6, 6.07) is 20.7. The quantitative estimate of drug-likeness (QED) is 0.288. The Morgan fingerprint density at radius 1 is 0.935 bits per heavy atom. The molecule has 2 saturated heterocycles. The smallest absolute Gasteiger partial charge is 0.344 e. The summed E-state index contributed by atoms with van der Waals surface area (Å²) >= 11 is 0. The number of aromatic nitrogens is 2. The van der Waals surface area contributed by atoms with E-state index in [4.69, 9.17) is 4.74 Å². The average molecular weight is 643 g/mol. The molecule has 12 heteroatoms. The number of piperazine rings is 1. The highest BCUT2D eigenvalue weighted by atomic mass is 32.2. The minimum Gasteiger partial charge on any atom is -0.497 e. The van der Waals surface area contributed by atoms with Gasteiger partial charge in [0.1, 0.15) is 11.8 Å². The van der Waals surface area contributed by atoms with Crippen molar-refractivity contribution >= 4 is 27.0 Å². The predicted molar refractivity (Wildman–Crippen MR) is 174 cm³/mol. The van der Waals surface area contributed by atoms with Crippen molar-refractivity contribution in [2.24, 2.45) is 0 Å². The number of rotatable bonds is 8. The maximum atomic E-state index is 14.6. The van der Waals surface area contributed by atoms with Gasteiger partial charge in [0.05, 0.1) is 34.7 Å². The topological polar surface area (TPSA) is 121 Å². The zero-order chi connectivity index (χ0) is 32.6. The van der Waals surface area contributed by atoms with Gasteiger partial charge in [-0.3, -0.25) is 19.2 Å². The average Bonchev–Trinajstić information content (AvgIpc) is 3.68. The Hall–Kier alpha value is -4.44. The van der Waals surface area contributed by atoms with Crippen LogP contribution in [0.2, 0.25) is 0 Å². The van der Waals surface area contributed by atoms with Crippen LogP contribution in [0.4, 0.5) is 0 Å². The number of ether oxygens (including phenoxy) is 1. The molecule has 0 aliphatic carbocycles. The third-order valence-corrected chi connectivity index (χ3v) is 10.9. The lowest BCUT2D eigenvalue weighted by atomic mass is 10.0. The second kappa shape index (κ2) is 12.7. The summed E-state index contributed by atoms with van der Waals surface area (Å²) in [6.45, 7) is 9.27. The van der Waals surface area contributed by atoms with Crippen molar-refractivity contribution in [2.75, 3.05) is 46.4 Å². The van der Waals surface area contributed by atoms with Crippen LogP contribution >= 0.6 is 0 Å². The Morgan fingerprint density at radius 3 is 2.26 bits per heavy atom. The molecule has 0 N–H and O–H groups in total. The number of nitriles is 1. The van der Waals surface area contributed by atoms with E-state index in [1.165, 1.54) is 54.1 Å². The normalized spacial score (nSPS) is 18.6. The Labute approximate surface area is 268 Å². The van der Waals surface area contributed by atoms with Crippen LogP contribution in [0.25, 0.3) is 11.0 Å². The van der Waals surface area contributed by atoms with Gasteiger partial charge in [-0.15, -0.1) is 0 Å². The molecule has 3 aromatic carbocycles. The van der Waals surface area contributed by atoms with Crippen LogP contribution in [0.3, 0.4) is 0 Å². The minimum atomic E-state index is -4.41. The molecule has 11 nitrogen and oxygen atoms in total. The largest absolute Gasteiger partial charge is 0.497 e. The number of nitrogens with zero attached hydrogens (tertiary/aromatic N) is 6. The first kappa shape index (κ1) is 31.5. The van der Waals surface area contributed by atoms with Crippen LogP contribution < -0.4 is 10.4 Å². The van der Waals surface area contributed by atoms with Crippen molar-refractivity contribution in [3.8, 4) is 11.8 Å². The van der Waals surface area contributed by atoms with E-state index in [0.717, 1.165) is 36.6 Å². The van der Waals surface area contributed by atoms with Gasteiger partial charge in [-0.1, -0.05) is 30.3 Å². The Kier molecular flexibility index (Phi) is 8.74. The lowest BCUT2D eigenvalue weighted by molar-refractivity contribution is -0.132. The standard InChI is InChI=1S/C34H38N6O5S/c1-24(2)36-17-19-37(20-18-36)27-15-16-38(23-27)33(41)32(26-7-5-4-6-8-26)39-31-21-25(22-35)9-14-30(31)40(34(39)42)46(43,44)29-12-10-28(45-3)11-13-29/h4-14,21,24,27,32H,15-20,23H2,1-3H3/t27-,32?/m1/s1. The Bertz CT molecular complexity index is 1940. The molecule has 6 rings (SSSR count). The van der Waals surface area contributed by atoms with Gasteiger partial charge in [-0.05, 0) is 68.3 Å². The fraction of sp³-hybridized carbons (Fsp3) is 0.382. The molecule has 2 aliphatic rings. The second-order valence-electron chi connectivity index (χ2n) is 12.1. The van der Waals surface area contributed by atoms with E-state index in [0.29, 0.717) is 30.4 Å². The summed E-state index contributed by atoms with van der Waals surface area (Å²) in [5, 5.41) is 9.73. The monoisotopic (exact) mass is 642 g/mol. The molecular weight excluding hydrogens is 604 g/mol. The number of fused-ring (bicyclic) bond motifs is 1. The van der Waals surface area contributed by atoms with Crippen molar-refractivity contribution < 1.29 is 17.9 Å². The molecule has 1 unspecified atom stereocenters. The first-order valence-corrected chi connectivity index (χ1v) is 17.0. The van der Waals surface area contributed by atoms with Crippen molar-refractivity contribution in [2.45, 2.75) is 43.3 Å². The van der Waals surface area contributed by atoms with Crippen LogP contribution in [-0.2, 0) is 14.8 Å². The number of carbonyl (C=O) groups is 1. The van der Waals surface area contributed by atoms with Crippen LogP contribution in [0.5, 0.6) is 5.75 Å². The van der Waals surface area contributed by atoms with Gasteiger partial charge in [0.2, 0.25) is 0 Å². The first-order valence-electron chi connectivity index (χ1n) is 15.5. The van der Waals surface area contributed by atoms with E-state index < -0.39 is 21.8 Å². The number of amides is 1. The molecule has 0 spiro atoms. The highest BCUT2D eigenvalue weighted by Gasteiger charge is 2.38. The number of hydrogen-bond acceptors (Lipinski definition) is 8. The van der Waals surface area contributed by atoms with Gasteiger partial charge in [-0.25, -0.2) is 13.2 Å². The van der Waals surface area contributed by atoms with Gasteiger partial charge in [0.25, 0.3) is 15.9 Å². The van der Waals surface area contributed by atoms with Gasteiger partial charge in [-0.2, -0.15) is 9.23 Å². The molecule has 2 fully saturated rings. The third-order valence-electron chi connectivity index (χ3n) is 9.24. The third kappa shape index (κ3) is 5.70. The number of hydrogen-bond donors (Lipinski definition) is 0. The van der Waals surface area contributed by atoms with E-state index in [-0.39, 0.29) is 33.4 Å². The van der Waals surface area contributed by atoms with Gasteiger partial charge < -0.3 is 9.64 Å². The van der Waals surface area contributed by atoms with Crippen LogP contribution in [0.1, 0.15) is 37.4 Å². The summed E-state index contributed by atoms with van der Waals surface area (Å²) in [4.78, 5) is 35.6. The summed E-state index contributed by atoms with van der Waals surface area (Å²) in [6.07, 6.45) is 0.815. The van der Waals surface area contributed by atoms with Crippen molar-refractivity contribution in [3.05, 3.63) is 94.4 Å². The number of likely N-dealkylation sites (tertiary alicyclic amines) is 1. The van der Waals surface area contributed by atoms with E-state index >= 15 is 0 Å². The number of methoxy groups -OCH3 is 1. The first-order chi connectivity index (χ1) is 22.1. The zero-order valence-electron chi connectivity index (χ0n) is 26.2. The molecule has 4 aromatic rings. The van der Waals surface area contributed by atoms with Gasteiger partial charge in [0, 0.05) is 51.4 Å². The van der Waals surface area contributed by atoms with Gasteiger partial charge in [0.15, 0.2) is 0 Å². The molecule has 2 aliphatic heterocycles. The lowest BCUT2D eigenvalue weighted by Gasteiger charge is -2.39. The maximum Gasteiger partial charge on any atom is 0.344 e. The SMILES string of the molecule is COc1ccc(S(=O)(=O)n2c(=O)n(C(C(=O)N3CC[C@@H](N4CCN(C(C)C)CC4)C3)c3ccccc3)c3cc(C#N)ccc32)cc1. The van der Waals surface area contributed by atoms with E-state index in [9.17, 15) is 23.3 Å². The molecule has 46 heavy (non-hydrogen) atoms. The number of carbonyl (C=O) groups excluding carboxylic acids is 1. The molecule has 1 amide bonds. The molecule has 0 saturated carbocycles.